The summed E-state index contributed by atoms with van der Waals surface area (Å²) in [6.45, 7) is 2.98. The van der Waals surface area contributed by atoms with Crippen molar-refractivity contribution in [1.29, 1.82) is 0 Å². The quantitative estimate of drug-likeness (QED) is 0.712. The molecule has 0 N–H and O–H groups in total. The van der Waals surface area contributed by atoms with Gasteiger partial charge < -0.3 is 4.74 Å². The first-order valence-corrected chi connectivity index (χ1v) is 7.12. The molecule has 0 aliphatic carbocycles. The minimum atomic E-state index is 0.0761. The van der Waals surface area contributed by atoms with Gasteiger partial charge in [-0.3, -0.25) is 0 Å². The Morgan fingerprint density at radius 1 is 1.25 bits per heavy atom. The van der Waals surface area contributed by atoms with E-state index in [1.165, 1.54) is 30.4 Å². The van der Waals surface area contributed by atoms with E-state index in [9.17, 15) is 0 Å². The third kappa shape index (κ3) is 2.44. The zero-order valence-corrected chi connectivity index (χ0v) is 12.2. The van der Waals surface area contributed by atoms with E-state index >= 15 is 0 Å². The molecule has 1 nitrogen and oxygen atoms in total. The van der Waals surface area contributed by atoms with Crippen molar-refractivity contribution in [1.82, 2.24) is 0 Å². The number of benzene rings is 1. The lowest BCUT2D eigenvalue weighted by molar-refractivity contribution is -0.0210. The molecule has 16 heavy (non-hydrogen) atoms. The maximum absolute atomic E-state index is 6.00. The van der Waals surface area contributed by atoms with Crippen molar-refractivity contribution in [2.24, 2.45) is 0 Å². The molecule has 1 heterocycles. The highest BCUT2D eigenvalue weighted by Gasteiger charge is 2.29. The summed E-state index contributed by atoms with van der Waals surface area (Å²) >= 11 is 0. The zero-order chi connectivity index (χ0) is 11.4. The lowest BCUT2D eigenvalue weighted by atomic mass is 9.99. The monoisotopic (exact) mass is 232 g/mol. The van der Waals surface area contributed by atoms with Crippen molar-refractivity contribution in [3.63, 3.8) is 0 Å². The fourth-order valence-corrected chi connectivity index (χ4v) is 3.19. The molecular weight excluding hydrogens is 212 g/mol. The van der Waals surface area contributed by atoms with Crippen molar-refractivity contribution >= 4 is 16.3 Å². The van der Waals surface area contributed by atoms with Gasteiger partial charge in [-0.05, 0) is 37.3 Å². The Morgan fingerprint density at radius 3 is 2.56 bits per heavy atom. The fraction of sp³-hybridized carbons (Fsp3) is 0.429. The molecule has 1 aliphatic rings. The summed E-state index contributed by atoms with van der Waals surface area (Å²) in [5, 5.41) is 0.0761. The van der Waals surface area contributed by atoms with Gasteiger partial charge in [0.05, 0.1) is 5.22 Å². The van der Waals surface area contributed by atoms with Gasteiger partial charge in [-0.1, -0.05) is 36.4 Å². The van der Waals surface area contributed by atoms with Crippen molar-refractivity contribution in [2.45, 2.75) is 31.4 Å². The van der Waals surface area contributed by atoms with E-state index in [2.05, 4.69) is 36.4 Å². The first kappa shape index (κ1) is 11.6. The van der Waals surface area contributed by atoms with Crippen LogP contribution in [-0.2, 0) is 9.96 Å². The van der Waals surface area contributed by atoms with Crippen molar-refractivity contribution in [3.8, 4) is 0 Å². The molecule has 1 unspecified atom stereocenters. The van der Waals surface area contributed by atoms with Gasteiger partial charge >= 0.3 is 0 Å². The number of hydrogen-bond donors (Lipinski definition) is 0. The number of ether oxygens (including phenoxy) is 1. The minimum absolute atomic E-state index is 0.0761. The van der Waals surface area contributed by atoms with Crippen LogP contribution in [0.25, 0.3) is 6.08 Å². The lowest BCUT2D eigenvalue weighted by Gasteiger charge is -2.34. The summed E-state index contributed by atoms with van der Waals surface area (Å²) in [6.07, 6.45) is 7.93. The predicted molar refractivity (Wildman–Crippen MR) is 72.6 cm³/mol. The number of rotatable bonds is 2. The van der Waals surface area contributed by atoms with E-state index in [4.69, 9.17) is 4.74 Å². The third-order valence-electron chi connectivity index (χ3n) is 3.35. The Balaban J connectivity index is 2.19. The van der Waals surface area contributed by atoms with Gasteiger partial charge in [-0.2, -0.15) is 0 Å². The van der Waals surface area contributed by atoms with E-state index in [0.717, 1.165) is 16.8 Å². The molecule has 1 aliphatic heterocycles. The van der Waals surface area contributed by atoms with Crippen LogP contribution in [0.1, 0.15) is 37.3 Å². The van der Waals surface area contributed by atoms with Gasteiger partial charge in [0.25, 0.3) is 0 Å². The Kier molecular flexibility index (Phi) is 3.61. The van der Waals surface area contributed by atoms with Gasteiger partial charge in [-0.25, -0.2) is 0 Å². The topological polar surface area (TPSA) is 9.23 Å². The van der Waals surface area contributed by atoms with Crippen molar-refractivity contribution in [2.75, 3.05) is 6.61 Å². The second-order valence-corrected chi connectivity index (χ2v) is 6.27. The fourth-order valence-electron chi connectivity index (χ4n) is 2.30. The summed E-state index contributed by atoms with van der Waals surface area (Å²) in [6, 6.07) is 8.83. The number of hydrogen-bond acceptors (Lipinski definition) is 1. The summed E-state index contributed by atoms with van der Waals surface area (Å²) in [4.78, 5) is 0. The molecule has 1 saturated heterocycles. The highest BCUT2D eigenvalue weighted by Crippen LogP contribution is 2.32. The highest BCUT2D eigenvalue weighted by atomic mass is 28.1. The summed E-state index contributed by atoms with van der Waals surface area (Å²) < 4.78 is 6.00. The predicted octanol–water partition coefficient (Wildman–Crippen LogP) is 2.44. The maximum atomic E-state index is 6.00. The molecule has 0 aromatic heterocycles. The molecule has 0 bridgehead atoms. The molecule has 2 rings (SSSR count). The smallest absolute Gasteiger partial charge is 0.0723 e. The van der Waals surface area contributed by atoms with Crippen LogP contribution in [0.2, 0.25) is 0 Å². The summed E-state index contributed by atoms with van der Waals surface area (Å²) in [5.41, 5.74) is 2.64. The SMILES string of the molecule is CC=Cc1ccc(C2([SiH3])CCCCO2)cc1. The first-order chi connectivity index (χ1) is 7.74. The van der Waals surface area contributed by atoms with Crippen LogP contribution in [0.5, 0.6) is 0 Å². The second kappa shape index (κ2) is 4.98. The third-order valence-corrected chi connectivity index (χ3v) is 4.72. The van der Waals surface area contributed by atoms with Crippen molar-refractivity contribution < 1.29 is 4.74 Å². The van der Waals surface area contributed by atoms with Crippen LogP contribution in [0.15, 0.2) is 30.3 Å². The molecule has 0 radical (unpaired) electrons. The molecule has 1 fully saturated rings. The summed E-state index contributed by atoms with van der Waals surface area (Å²) in [7, 11) is 1.08. The minimum Gasteiger partial charge on any atom is -0.375 e. The Bertz CT molecular complexity index is 361. The lowest BCUT2D eigenvalue weighted by Crippen LogP contribution is -2.33. The van der Waals surface area contributed by atoms with Crippen LogP contribution in [-0.4, -0.2) is 16.8 Å². The van der Waals surface area contributed by atoms with Gasteiger partial charge in [0.1, 0.15) is 0 Å². The zero-order valence-electron chi connectivity index (χ0n) is 10.2. The van der Waals surface area contributed by atoms with Crippen LogP contribution in [0.4, 0.5) is 0 Å². The maximum Gasteiger partial charge on any atom is 0.0723 e. The van der Waals surface area contributed by atoms with E-state index in [1.807, 2.05) is 6.92 Å². The van der Waals surface area contributed by atoms with E-state index in [0.29, 0.717) is 0 Å². The largest absolute Gasteiger partial charge is 0.375 e. The number of allylic oxidation sites excluding steroid dienone is 1. The second-order valence-electron chi connectivity index (χ2n) is 4.66. The molecule has 0 amide bonds. The van der Waals surface area contributed by atoms with E-state index < -0.39 is 0 Å². The molecule has 1 aromatic carbocycles. The molecule has 2 heteroatoms. The average molecular weight is 232 g/mol. The van der Waals surface area contributed by atoms with Gasteiger partial charge in [0.15, 0.2) is 0 Å². The Morgan fingerprint density at radius 2 is 2.00 bits per heavy atom. The van der Waals surface area contributed by atoms with Gasteiger partial charge in [-0.15, -0.1) is 0 Å². The van der Waals surface area contributed by atoms with Gasteiger partial charge in [0.2, 0.25) is 0 Å². The summed E-state index contributed by atoms with van der Waals surface area (Å²) in [5.74, 6) is 0. The van der Waals surface area contributed by atoms with Crippen LogP contribution < -0.4 is 0 Å². The molecule has 1 aromatic rings. The van der Waals surface area contributed by atoms with Crippen LogP contribution >= 0.6 is 0 Å². The molecule has 1 atom stereocenters. The van der Waals surface area contributed by atoms with Crippen molar-refractivity contribution in [3.05, 3.63) is 41.5 Å². The van der Waals surface area contributed by atoms with Crippen LogP contribution in [0, 0.1) is 0 Å². The molecule has 0 saturated carbocycles. The van der Waals surface area contributed by atoms with E-state index in [1.54, 1.807) is 0 Å². The standard InChI is InChI=1S/C14H20OSi/c1-2-5-12-6-8-13(9-7-12)14(16)10-3-4-11-15-14/h2,5-9H,3-4,10-11H2,1,16H3. The molecule has 86 valence electrons. The molecular formula is C14H20OSi. The average Bonchev–Trinajstić information content (AvgIpc) is 2.31. The normalized spacial score (nSPS) is 26.3. The van der Waals surface area contributed by atoms with Crippen LogP contribution in [0.3, 0.4) is 0 Å². The van der Waals surface area contributed by atoms with Gasteiger partial charge in [0, 0.05) is 16.8 Å². The first-order valence-electron chi connectivity index (χ1n) is 6.12. The van der Waals surface area contributed by atoms with E-state index in [-0.39, 0.29) is 5.22 Å². The highest BCUT2D eigenvalue weighted by molar-refractivity contribution is 6.14. The molecule has 0 spiro atoms. The Hall–Kier alpha value is -0.863. The Labute approximate surface area is 101 Å².